The topological polar surface area (TPSA) is 127 Å². The molecule has 0 saturated heterocycles. The third-order valence-corrected chi connectivity index (χ3v) is 4.90. The van der Waals surface area contributed by atoms with Crippen molar-refractivity contribution >= 4 is 12.1 Å². The van der Waals surface area contributed by atoms with Crippen LogP contribution in [-0.4, -0.2) is 24.7 Å². The number of nitrogens with one attached hydrogen (secondary N) is 3. The van der Waals surface area contributed by atoms with Gasteiger partial charge in [-0.05, 0) is 43.2 Å². The first-order valence-electron chi connectivity index (χ1n) is 9.23. The molecule has 7 N–H and O–H groups in total. The zero-order chi connectivity index (χ0) is 18.6. The molecular weight excluding hydrogens is 332 g/mol. The minimum absolute atomic E-state index is 0.117. The number of alkyl carbamates (subject to hydrolysis) is 1. The molecule has 1 heterocycles. The molecule has 1 aromatic carbocycles. The Kier molecular flexibility index (Phi) is 5.63. The van der Waals surface area contributed by atoms with E-state index >= 15 is 0 Å². The molecule has 8 heteroatoms. The summed E-state index contributed by atoms with van der Waals surface area (Å²) in [5.74, 6) is -0.778. The Bertz CT molecular complexity index is 692. The van der Waals surface area contributed by atoms with E-state index < -0.39 is 5.79 Å². The zero-order valence-electron chi connectivity index (χ0n) is 15.2. The summed E-state index contributed by atoms with van der Waals surface area (Å²) in [5.41, 5.74) is 21.0. The highest BCUT2D eigenvalue weighted by Crippen LogP contribution is 2.26. The van der Waals surface area contributed by atoms with Gasteiger partial charge in [0.25, 0.3) is 0 Å². The molecule has 2 aliphatic rings. The number of fused-ring (bicyclic) bond motifs is 1. The number of benzene rings is 1. The second-order valence-electron chi connectivity index (χ2n) is 6.90. The lowest BCUT2D eigenvalue weighted by Gasteiger charge is -2.22. The second kappa shape index (κ2) is 7.92. The summed E-state index contributed by atoms with van der Waals surface area (Å²) in [4.78, 5) is 16.1. The predicted molar refractivity (Wildman–Crippen MR) is 100 cm³/mol. The maximum absolute atomic E-state index is 11.9. The highest BCUT2D eigenvalue weighted by atomic mass is 16.5. The third-order valence-electron chi connectivity index (χ3n) is 4.90. The average Bonchev–Trinajstić information content (AvgIpc) is 2.85. The molecule has 1 aliphatic carbocycles. The van der Waals surface area contributed by atoms with Gasteiger partial charge < -0.3 is 15.8 Å². The quantitative estimate of drug-likeness (QED) is 0.393. The van der Waals surface area contributed by atoms with E-state index in [9.17, 15) is 4.79 Å². The van der Waals surface area contributed by atoms with Crippen LogP contribution in [0.1, 0.15) is 49.3 Å². The van der Waals surface area contributed by atoms with Gasteiger partial charge in [-0.1, -0.05) is 31.5 Å². The number of nitrogens with zero attached hydrogens (tertiary/aromatic N) is 1. The number of rotatable bonds is 5. The van der Waals surface area contributed by atoms with Crippen LogP contribution in [0.4, 0.5) is 4.79 Å². The number of nitrogens with two attached hydrogens (primary N) is 2. The molecule has 0 bridgehead atoms. The standard InChI is InChI=1S/C18H28N6O2/c1-2-3-10-26-17(25)21-15-8-5-12-4-7-14(11-13(12)6-9-15)18(20)22-16(19)23-24-18/h4,7,11,15,24H,2-3,5-6,8-10,20H2,1H3,(H,21,25)(H3,19,22,23)/t15-,18?/m0/s1. The van der Waals surface area contributed by atoms with Crippen LogP contribution in [0.3, 0.4) is 0 Å². The number of hydrazine groups is 1. The normalized spacial score (nSPS) is 24.8. The lowest BCUT2D eigenvalue weighted by Crippen LogP contribution is -2.50. The fourth-order valence-corrected chi connectivity index (χ4v) is 3.35. The summed E-state index contributed by atoms with van der Waals surface area (Å²) in [6.07, 6.45) is 5.12. The number of carbonyl (C=O) groups is 1. The summed E-state index contributed by atoms with van der Waals surface area (Å²) in [5, 5.41) is 2.99. The number of hydrogen-bond acceptors (Lipinski definition) is 7. The van der Waals surface area contributed by atoms with Crippen molar-refractivity contribution < 1.29 is 9.53 Å². The Balaban J connectivity index is 1.62. The molecule has 142 valence electrons. The molecule has 0 aromatic heterocycles. The SMILES string of the molecule is CCCCOC(=O)N[C@H]1CCc2ccc(C3(N)N=C(N)NN3)cc2CC1. The highest BCUT2D eigenvalue weighted by Gasteiger charge is 2.32. The van der Waals surface area contributed by atoms with E-state index in [-0.39, 0.29) is 18.1 Å². The van der Waals surface area contributed by atoms with Gasteiger partial charge in [-0.25, -0.2) is 9.79 Å². The first-order chi connectivity index (χ1) is 12.5. The van der Waals surface area contributed by atoms with E-state index in [2.05, 4.69) is 40.2 Å². The summed E-state index contributed by atoms with van der Waals surface area (Å²) >= 11 is 0. The maximum Gasteiger partial charge on any atom is 0.407 e. The number of amides is 1. The molecular formula is C18H28N6O2. The third kappa shape index (κ3) is 4.25. The van der Waals surface area contributed by atoms with Crippen molar-refractivity contribution in [3.8, 4) is 0 Å². The number of hydrogen-bond donors (Lipinski definition) is 5. The van der Waals surface area contributed by atoms with Crippen LogP contribution in [0.25, 0.3) is 0 Å². The Labute approximate surface area is 153 Å². The van der Waals surface area contributed by atoms with Crippen LogP contribution in [-0.2, 0) is 23.4 Å². The van der Waals surface area contributed by atoms with Crippen LogP contribution in [0, 0.1) is 0 Å². The van der Waals surface area contributed by atoms with Gasteiger partial charge in [-0.15, -0.1) is 0 Å². The molecule has 1 aliphatic heterocycles. The molecule has 2 atom stereocenters. The monoisotopic (exact) mass is 360 g/mol. The van der Waals surface area contributed by atoms with Crippen LogP contribution in [0.5, 0.6) is 0 Å². The van der Waals surface area contributed by atoms with Crippen molar-refractivity contribution in [2.45, 2.75) is 57.3 Å². The summed E-state index contributed by atoms with van der Waals surface area (Å²) in [6, 6.07) is 6.26. The van der Waals surface area contributed by atoms with Crippen molar-refractivity contribution in [3.05, 3.63) is 34.9 Å². The Morgan fingerprint density at radius 1 is 1.38 bits per heavy atom. The fourth-order valence-electron chi connectivity index (χ4n) is 3.35. The molecule has 0 spiro atoms. The zero-order valence-corrected chi connectivity index (χ0v) is 15.2. The van der Waals surface area contributed by atoms with Crippen molar-refractivity contribution in [2.75, 3.05) is 6.61 Å². The van der Waals surface area contributed by atoms with Crippen LogP contribution in [0.15, 0.2) is 23.2 Å². The molecule has 26 heavy (non-hydrogen) atoms. The summed E-state index contributed by atoms with van der Waals surface area (Å²) < 4.78 is 5.20. The molecule has 8 nitrogen and oxygen atoms in total. The van der Waals surface area contributed by atoms with E-state index in [1.807, 2.05) is 6.07 Å². The summed E-state index contributed by atoms with van der Waals surface area (Å²) in [7, 11) is 0. The van der Waals surface area contributed by atoms with Crippen LogP contribution < -0.4 is 27.6 Å². The van der Waals surface area contributed by atoms with Gasteiger partial charge in [0, 0.05) is 11.6 Å². The van der Waals surface area contributed by atoms with Crippen molar-refractivity contribution in [1.82, 2.24) is 16.2 Å². The average molecular weight is 360 g/mol. The summed E-state index contributed by atoms with van der Waals surface area (Å²) in [6.45, 7) is 2.54. The first-order valence-corrected chi connectivity index (χ1v) is 9.23. The Morgan fingerprint density at radius 2 is 2.15 bits per heavy atom. The Hall–Kier alpha value is -2.32. The van der Waals surface area contributed by atoms with Gasteiger partial charge in [0.05, 0.1) is 6.61 Å². The van der Waals surface area contributed by atoms with Gasteiger partial charge in [0.15, 0.2) is 0 Å². The smallest absolute Gasteiger partial charge is 0.407 e. The largest absolute Gasteiger partial charge is 0.450 e. The lowest BCUT2D eigenvalue weighted by molar-refractivity contribution is 0.139. The minimum Gasteiger partial charge on any atom is -0.450 e. The van der Waals surface area contributed by atoms with Crippen LogP contribution in [0.2, 0.25) is 0 Å². The number of unbranched alkanes of at least 4 members (excludes halogenated alkanes) is 1. The molecule has 0 fully saturated rings. The number of carbonyl (C=O) groups excluding carboxylic acids is 1. The number of aryl methyl sites for hydroxylation is 2. The van der Waals surface area contributed by atoms with Gasteiger partial charge in [-0.2, -0.15) is 5.43 Å². The second-order valence-corrected chi connectivity index (χ2v) is 6.90. The van der Waals surface area contributed by atoms with Gasteiger partial charge in [-0.3, -0.25) is 11.2 Å². The molecule has 0 radical (unpaired) electrons. The number of ether oxygens (including phenoxy) is 1. The Morgan fingerprint density at radius 3 is 2.85 bits per heavy atom. The maximum atomic E-state index is 11.9. The van der Waals surface area contributed by atoms with E-state index in [1.165, 1.54) is 11.1 Å². The molecule has 0 saturated carbocycles. The van der Waals surface area contributed by atoms with Gasteiger partial charge >= 0.3 is 6.09 Å². The first kappa shape index (κ1) is 18.5. The van der Waals surface area contributed by atoms with Crippen molar-refractivity contribution in [1.29, 1.82) is 0 Å². The number of aliphatic imine (C=N–C) groups is 1. The van der Waals surface area contributed by atoms with E-state index in [4.69, 9.17) is 16.2 Å². The molecule has 1 unspecified atom stereocenters. The lowest BCUT2D eigenvalue weighted by atomic mass is 9.97. The van der Waals surface area contributed by atoms with Gasteiger partial charge in [0.2, 0.25) is 11.7 Å². The van der Waals surface area contributed by atoms with E-state index in [0.29, 0.717) is 6.61 Å². The molecule has 3 rings (SSSR count). The van der Waals surface area contributed by atoms with E-state index in [1.54, 1.807) is 0 Å². The van der Waals surface area contributed by atoms with Crippen LogP contribution >= 0.6 is 0 Å². The molecule has 1 aromatic rings. The number of guanidine groups is 1. The molecule has 1 amide bonds. The fraction of sp³-hybridized carbons (Fsp3) is 0.556. The van der Waals surface area contributed by atoms with E-state index in [0.717, 1.165) is 44.1 Å². The highest BCUT2D eigenvalue weighted by molar-refractivity contribution is 5.79. The minimum atomic E-state index is -1.05. The van der Waals surface area contributed by atoms with Gasteiger partial charge in [0.1, 0.15) is 0 Å². The van der Waals surface area contributed by atoms with Crippen molar-refractivity contribution in [2.24, 2.45) is 16.5 Å². The predicted octanol–water partition coefficient (Wildman–Crippen LogP) is 0.952. The van der Waals surface area contributed by atoms with Crippen molar-refractivity contribution in [3.63, 3.8) is 0 Å².